The highest BCUT2D eigenvalue weighted by molar-refractivity contribution is 6.24. The maximum Gasteiger partial charge on any atom is 0.262 e. The molecule has 6 aliphatic heterocycles. The first-order valence-electron chi connectivity index (χ1n) is 30.9. The smallest absolute Gasteiger partial charge is 0.262 e. The fourth-order valence-corrected chi connectivity index (χ4v) is 14.6. The van der Waals surface area contributed by atoms with Crippen LogP contribution < -0.4 is 20.9 Å². The van der Waals surface area contributed by atoms with E-state index in [-0.39, 0.29) is 77.3 Å². The average Bonchev–Trinajstić information content (AvgIpc) is 1.58. The number of piperidine rings is 4. The number of likely N-dealkylation sites (tertiary alicyclic amines) is 3. The van der Waals surface area contributed by atoms with E-state index in [4.69, 9.17) is 9.97 Å². The van der Waals surface area contributed by atoms with Crippen LogP contribution in [0.15, 0.2) is 85.2 Å². The molecule has 4 aromatic carbocycles. The standard InChI is InChI=1S/C67H72FN11O8/c1-37(2)70-60(81)48-34-52(50(68)30-39(48)5)72-59-58-53(69-36-77(58)38(3)4)35-51(71-59)43-16-17-49-55(31-43)78(45-32-44(33-45)74-24-7-6-8-25-74)66(87)67(49)22-28-76(29-23-67)63(84)42-14-12-41(13-15-42)62(83)75-26-20-40(21-27-75)46-10-9-11-47-57(46)65(86)79(64(47)85)54-18-19-56(80)73-61(54)82/h9-17,30-31,34-38,40,44-45,54H,6-8,18-29,32-33H2,1-5H3,(H,70,81)(H,71,72)(H,73,80,82)/t44?,45?,54-/m0/s1. The van der Waals surface area contributed by atoms with Crippen LogP contribution in [-0.2, 0) is 19.8 Å². The van der Waals surface area contributed by atoms with E-state index in [9.17, 15) is 33.6 Å². The van der Waals surface area contributed by atoms with E-state index in [1.807, 2.05) is 55.4 Å². The Hall–Kier alpha value is -8.65. The Morgan fingerprint density at radius 1 is 0.747 bits per heavy atom. The summed E-state index contributed by atoms with van der Waals surface area (Å²) in [7, 11) is 0. The third-order valence-corrected chi connectivity index (χ3v) is 19.4. The number of aromatic nitrogens is 3. The Bertz CT molecular complexity index is 3850. The zero-order chi connectivity index (χ0) is 60.7. The van der Waals surface area contributed by atoms with Crippen molar-refractivity contribution < 1.29 is 42.7 Å². The number of anilines is 3. The number of amides is 8. The number of hydrogen-bond acceptors (Lipinski definition) is 12. The number of imide groups is 2. The van der Waals surface area contributed by atoms with Gasteiger partial charge < -0.3 is 34.8 Å². The van der Waals surface area contributed by atoms with E-state index in [0.717, 1.165) is 47.6 Å². The van der Waals surface area contributed by atoms with E-state index in [0.29, 0.717) is 108 Å². The van der Waals surface area contributed by atoms with Crippen LogP contribution in [-0.4, -0.2) is 145 Å². The highest BCUT2D eigenvalue weighted by atomic mass is 19.1. The molecule has 0 unspecified atom stereocenters. The first kappa shape index (κ1) is 57.4. The maximum atomic E-state index is 16.0. The van der Waals surface area contributed by atoms with Crippen LogP contribution in [0, 0.1) is 12.7 Å². The number of fused-ring (bicyclic) bond motifs is 4. The van der Waals surface area contributed by atoms with Crippen molar-refractivity contribution in [1.82, 2.24) is 44.8 Å². The van der Waals surface area contributed by atoms with Gasteiger partial charge in [-0.05, 0) is 183 Å². The van der Waals surface area contributed by atoms with Crippen molar-refractivity contribution in [3.8, 4) is 11.3 Å². The van der Waals surface area contributed by atoms with E-state index in [1.54, 1.807) is 59.4 Å². The summed E-state index contributed by atoms with van der Waals surface area (Å²) in [5.74, 6) is -3.10. The first-order valence-corrected chi connectivity index (χ1v) is 30.9. The number of carbonyl (C=O) groups excluding carboxylic acids is 8. The third kappa shape index (κ3) is 10.1. The maximum absolute atomic E-state index is 16.0. The number of rotatable bonds is 12. The summed E-state index contributed by atoms with van der Waals surface area (Å²) < 4.78 is 17.9. The van der Waals surface area contributed by atoms with Gasteiger partial charge in [-0.3, -0.25) is 48.6 Å². The molecule has 1 saturated carbocycles. The minimum absolute atomic E-state index is 0.00632. The number of pyridine rings is 1. The number of imidazole rings is 1. The summed E-state index contributed by atoms with van der Waals surface area (Å²) in [5.41, 5.74) is 6.59. The molecule has 0 radical (unpaired) electrons. The summed E-state index contributed by atoms with van der Waals surface area (Å²) in [4.78, 5) is 128. The summed E-state index contributed by atoms with van der Waals surface area (Å²) >= 11 is 0. The minimum atomic E-state index is -1.06. The fourth-order valence-electron chi connectivity index (χ4n) is 14.6. The molecule has 6 aromatic rings. The van der Waals surface area contributed by atoms with E-state index in [2.05, 4.69) is 33.0 Å². The lowest BCUT2D eigenvalue weighted by Gasteiger charge is -2.48. The Labute approximate surface area is 504 Å². The number of hydrogen-bond donors (Lipinski definition) is 3. The normalized spacial score (nSPS) is 21.5. The van der Waals surface area contributed by atoms with Gasteiger partial charge in [-0.1, -0.05) is 30.7 Å². The van der Waals surface area contributed by atoms with Crippen LogP contribution in [0.25, 0.3) is 22.3 Å². The second kappa shape index (κ2) is 22.6. The number of halogens is 1. The van der Waals surface area contributed by atoms with Crippen molar-refractivity contribution in [2.75, 3.05) is 49.5 Å². The van der Waals surface area contributed by atoms with Gasteiger partial charge in [0.25, 0.3) is 29.5 Å². The van der Waals surface area contributed by atoms with Gasteiger partial charge >= 0.3 is 0 Å². The molecule has 20 heteroatoms. The van der Waals surface area contributed by atoms with Crippen LogP contribution in [0.1, 0.15) is 179 Å². The van der Waals surface area contributed by atoms with Gasteiger partial charge in [-0.25, -0.2) is 14.4 Å². The molecule has 1 aliphatic carbocycles. The van der Waals surface area contributed by atoms with Gasteiger partial charge in [0.2, 0.25) is 17.7 Å². The lowest BCUT2D eigenvalue weighted by Crippen LogP contribution is -2.58. The Kier molecular flexibility index (Phi) is 14.9. The van der Waals surface area contributed by atoms with Crippen LogP contribution in [0.5, 0.6) is 0 Å². The molecule has 13 rings (SSSR count). The predicted molar refractivity (Wildman–Crippen MR) is 324 cm³/mol. The topological polar surface area (TPSA) is 220 Å². The largest absolute Gasteiger partial charge is 0.350 e. The molecule has 8 amide bonds. The second-order valence-electron chi connectivity index (χ2n) is 25.4. The van der Waals surface area contributed by atoms with Crippen LogP contribution in [0.2, 0.25) is 0 Å². The highest BCUT2D eigenvalue weighted by Gasteiger charge is 2.56. The van der Waals surface area contributed by atoms with Gasteiger partial charge in [0.1, 0.15) is 17.4 Å². The molecular formula is C67H72FN11O8. The SMILES string of the molecule is Cc1cc(F)c(Nc2nc(-c3ccc4c(c3)N(C3CC(N5CCCCC5)C3)C(=O)C43CCN(C(=O)c4ccc(C(=O)N5CCC(c6cccc7c6C(=O)N([C@H]6CCC(=O)NC6=O)C7=O)CC5)cc4)CC3)cc3ncn(C(C)C)c23)cc1C(=O)NC(C)C. The highest BCUT2D eigenvalue weighted by Crippen LogP contribution is 2.52. The van der Waals surface area contributed by atoms with Crippen molar-refractivity contribution in [2.24, 2.45) is 0 Å². The van der Waals surface area contributed by atoms with Gasteiger partial charge in [0.05, 0.1) is 39.8 Å². The summed E-state index contributed by atoms with van der Waals surface area (Å²) in [6.45, 7) is 13.2. The summed E-state index contributed by atoms with van der Waals surface area (Å²) in [6.07, 6.45) is 9.11. The van der Waals surface area contributed by atoms with Crippen LogP contribution in [0.3, 0.4) is 0 Å². The zero-order valence-electron chi connectivity index (χ0n) is 49.8. The second-order valence-corrected chi connectivity index (χ2v) is 25.4. The van der Waals surface area contributed by atoms with Gasteiger partial charge in [0, 0.05) is 84.7 Å². The molecule has 5 fully saturated rings. The number of carbonyl (C=O) groups is 8. The number of nitrogens with zero attached hydrogens (tertiary/aromatic N) is 8. The molecule has 1 spiro atoms. The average molecular weight is 1180 g/mol. The van der Waals surface area contributed by atoms with E-state index < -0.39 is 40.9 Å². The molecule has 7 aliphatic rings. The molecule has 8 heterocycles. The molecule has 1 atom stereocenters. The van der Waals surface area contributed by atoms with Crippen molar-refractivity contribution in [1.29, 1.82) is 0 Å². The minimum Gasteiger partial charge on any atom is -0.350 e. The number of benzene rings is 4. The van der Waals surface area contributed by atoms with E-state index >= 15 is 9.18 Å². The quantitative estimate of drug-likeness (QED) is 0.0978. The Morgan fingerprint density at radius 3 is 2.10 bits per heavy atom. The molecule has 4 saturated heterocycles. The Morgan fingerprint density at radius 2 is 1.44 bits per heavy atom. The van der Waals surface area contributed by atoms with Crippen molar-refractivity contribution in [3.05, 3.63) is 136 Å². The summed E-state index contributed by atoms with van der Waals surface area (Å²) in [5, 5.41) is 8.43. The predicted octanol–water partition coefficient (Wildman–Crippen LogP) is 8.97. The van der Waals surface area contributed by atoms with Crippen LogP contribution >= 0.6 is 0 Å². The van der Waals surface area contributed by atoms with Crippen LogP contribution in [0.4, 0.5) is 21.6 Å². The van der Waals surface area contributed by atoms with Crippen molar-refractivity contribution in [2.45, 2.75) is 147 Å². The third-order valence-electron chi connectivity index (χ3n) is 19.4. The van der Waals surface area contributed by atoms with Crippen molar-refractivity contribution in [3.63, 3.8) is 0 Å². The lowest BCUT2D eigenvalue weighted by atomic mass is 9.73. The van der Waals surface area contributed by atoms with Crippen molar-refractivity contribution >= 4 is 75.5 Å². The molecule has 87 heavy (non-hydrogen) atoms. The summed E-state index contributed by atoms with van der Waals surface area (Å²) in [6, 6.07) is 22.0. The van der Waals surface area contributed by atoms with E-state index in [1.165, 1.54) is 31.4 Å². The lowest BCUT2D eigenvalue weighted by molar-refractivity contribution is -0.136. The molecule has 450 valence electrons. The van der Waals surface area contributed by atoms with Gasteiger partial charge in [-0.15, -0.1) is 0 Å². The number of nitrogens with one attached hydrogen (secondary N) is 3. The molecule has 2 aromatic heterocycles. The molecule has 3 N–H and O–H groups in total. The monoisotopic (exact) mass is 1180 g/mol. The number of aryl methyl sites for hydroxylation is 1. The Balaban J connectivity index is 0.716. The molecular weight excluding hydrogens is 1110 g/mol. The van der Waals surface area contributed by atoms with Gasteiger partial charge in [-0.2, -0.15) is 0 Å². The fraction of sp³-hybridized carbons (Fsp3) is 0.433. The molecule has 19 nitrogen and oxygen atoms in total. The molecule has 0 bridgehead atoms. The zero-order valence-corrected chi connectivity index (χ0v) is 49.8. The first-order chi connectivity index (χ1) is 41.9. The van der Waals surface area contributed by atoms with Gasteiger partial charge in [0.15, 0.2) is 5.82 Å².